The number of phenols is 1. The lowest BCUT2D eigenvalue weighted by Crippen LogP contribution is -2.47. The number of aliphatic hydroxyl groups is 1. The average molecular weight is 541 g/mol. The smallest absolute Gasteiger partial charge is 0.281 e. The summed E-state index contributed by atoms with van der Waals surface area (Å²) in [7, 11) is 1.79. The van der Waals surface area contributed by atoms with Crippen molar-refractivity contribution in [3.05, 3.63) is 88.7 Å². The molecule has 0 aliphatic carbocycles. The van der Waals surface area contributed by atoms with E-state index in [0.717, 1.165) is 22.4 Å². The average Bonchev–Trinajstić information content (AvgIpc) is 3.61. The maximum absolute atomic E-state index is 13.4. The fourth-order valence-electron chi connectivity index (χ4n) is 5.52. The quantitative estimate of drug-likeness (QED) is 0.286. The van der Waals surface area contributed by atoms with Gasteiger partial charge in [0.15, 0.2) is 5.52 Å². The first-order valence-electron chi connectivity index (χ1n) is 13.4. The molecule has 2 aromatic carbocycles. The van der Waals surface area contributed by atoms with Gasteiger partial charge in [0.1, 0.15) is 17.0 Å². The van der Waals surface area contributed by atoms with Gasteiger partial charge >= 0.3 is 0 Å². The number of fused-ring (bicyclic) bond motifs is 1. The van der Waals surface area contributed by atoms with Gasteiger partial charge in [0.25, 0.3) is 5.56 Å². The number of nitrogens with two attached hydrogens (primary N) is 1. The van der Waals surface area contributed by atoms with Crippen LogP contribution in [-0.4, -0.2) is 53.1 Å². The van der Waals surface area contributed by atoms with Gasteiger partial charge in [-0.25, -0.2) is 4.98 Å². The topological polar surface area (TPSA) is 136 Å². The predicted molar refractivity (Wildman–Crippen MR) is 151 cm³/mol. The van der Waals surface area contributed by atoms with E-state index in [1.54, 1.807) is 24.1 Å². The molecule has 3 aromatic heterocycles. The molecule has 0 unspecified atom stereocenters. The second-order valence-corrected chi connectivity index (χ2v) is 10.5. The van der Waals surface area contributed by atoms with Gasteiger partial charge in [0.2, 0.25) is 0 Å². The van der Waals surface area contributed by atoms with Crippen molar-refractivity contribution in [2.45, 2.75) is 38.1 Å². The van der Waals surface area contributed by atoms with Crippen LogP contribution in [0.4, 0.5) is 0 Å². The molecule has 0 atom stereocenters. The van der Waals surface area contributed by atoms with Crippen molar-refractivity contribution in [1.82, 2.24) is 24.2 Å². The molecule has 0 radical (unpaired) electrons. The fraction of sp³-hybridized carbons (Fsp3) is 0.300. The summed E-state index contributed by atoms with van der Waals surface area (Å²) in [5, 5.41) is 26.7. The van der Waals surface area contributed by atoms with E-state index in [-0.39, 0.29) is 23.4 Å². The van der Waals surface area contributed by atoms with Crippen LogP contribution in [0, 0.1) is 0 Å². The van der Waals surface area contributed by atoms with E-state index in [1.165, 1.54) is 10.9 Å². The van der Waals surface area contributed by atoms with Crippen LogP contribution in [0.2, 0.25) is 0 Å². The van der Waals surface area contributed by atoms with Gasteiger partial charge in [-0.2, -0.15) is 5.10 Å². The Labute approximate surface area is 230 Å². The minimum Gasteiger partial charge on any atom is -0.507 e. The third-order valence-electron chi connectivity index (χ3n) is 7.83. The zero-order chi connectivity index (χ0) is 27.9. The third-order valence-corrected chi connectivity index (χ3v) is 7.83. The van der Waals surface area contributed by atoms with Gasteiger partial charge < -0.3 is 20.4 Å². The molecule has 10 heteroatoms. The van der Waals surface area contributed by atoms with E-state index < -0.39 is 5.60 Å². The number of piperidine rings is 1. The van der Waals surface area contributed by atoms with E-state index in [9.17, 15) is 15.0 Å². The Morgan fingerprint density at radius 1 is 1.05 bits per heavy atom. The van der Waals surface area contributed by atoms with E-state index in [0.29, 0.717) is 55.9 Å². The largest absolute Gasteiger partial charge is 0.507 e. The fourth-order valence-corrected chi connectivity index (χ4v) is 5.52. The molecule has 0 bridgehead atoms. The number of aryl methyl sites for hydroxylation is 1. The number of likely N-dealkylation sites (tertiary alicyclic amines) is 1. The maximum atomic E-state index is 13.4. The first-order chi connectivity index (χ1) is 19.3. The minimum absolute atomic E-state index is 0.138. The summed E-state index contributed by atoms with van der Waals surface area (Å²) >= 11 is 0. The second kappa shape index (κ2) is 10.4. The molecule has 0 amide bonds. The van der Waals surface area contributed by atoms with Crippen molar-refractivity contribution < 1.29 is 14.6 Å². The number of nitrogens with zero attached hydrogens (tertiary/aromatic N) is 5. The number of aromatic hydroxyl groups is 1. The molecule has 206 valence electrons. The number of benzene rings is 2. The molecule has 4 heterocycles. The lowest BCUT2D eigenvalue weighted by atomic mass is 9.91. The Hall–Kier alpha value is -4.25. The molecule has 1 aliphatic heterocycles. The van der Waals surface area contributed by atoms with Crippen LogP contribution >= 0.6 is 0 Å². The van der Waals surface area contributed by atoms with Crippen LogP contribution in [0.1, 0.15) is 24.0 Å². The summed E-state index contributed by atoms with van der Waals surface area (Å²) in [5.74, 6) is 0.821. The van der Waals surface area contributed by atoms with Crippen LogP contribution < -0.4 is 11.3 Å². The van der Waals surface area contributed by atoms with Crippen LogP contribution in [-0.2, 0) is 26.7 Å². The first kappa shape index (κ1) is 26.0. The Bertz CT molecular complexity index is 1700. The SMILES string of the molecule is Cn1nc2c(=O)n(CC3(O)CCN(Cc4cccc(-c5ccco5)c4O)CC3)cnc2c1-c1ccc(CN)cc1. The predicted octanol–water partition coefficient (Wildman–Crippen LogP) is 3.25. The third kappa shape index (κ3) is 4.81. The Morgan fingerprint density at radius 3 is 2.52 bits per heavy atom. The minimum atomic E-state index is -1.05. The molecule has 40 heavy (non-hydrogen) atoms. The standard InChI is InChI=1S/C30H32N6O4/c1-34-27(21-9-7-20(16-31)8-10-21)25-26(33-34)29(38)36(19-32-25)18-30(39)11-13-35(14-12-30)17-22-4-2-5-23(28(22)37)24-6-3-15-40-24/h2-10,15,19,37,39H,11-14,16-18,31H2,1H3. The lowest BCUT2D eigenvalue weighted by molar-refractivity contribution is -0.0365. The second-order valence-electron chi connectivity index (χ2n) is 10.5. The van der Waals surface area contributed by atoms with E-state index in [2.05, 4.69) is 15.0 Å². The van der Waals surface area contributed by atoms with Crippen molar-refractivity contribution in [3.8, 4) is 28.3 Å². The van der Waals surface area contributed by atoms with Crippen molar-refractivity contribution in [1.29, 1.82) is 0 Å². The number of hydrogen-bond acceptors (Lipinski definition) is 8. The van der Waals surface area contributed by atoms with Crippen molar-refractivity contribution in [2.75, 3.05) is 13.1 Å². The highest BCUT2D eigenvalue weighted by atomic mass is 16.3. The van der Waals surface area contributed by atoms with Crippen molar-refractivity contribution in [3.63, 3.8) is 0 Å². The van der Waals surface area contributed by atoms with Crippen LogP contribution in [0.25, 0.3) is 33.6 Å². The van der Waals surface area contributed by atoms with Crippen molar-refractivity contribution in [2.24, 2.45) is 12.8 Å². The summed E-state index contributed by atoms with van der Waals surface area (Å²) in [6.07, 6.45) is 4.06. The molecule has 10 nitrogen and oxygen atoms in total. The Morgan fingerprint density at radius 2 is 1.82 bits per heavy atom. The molecule has 1 fully saturated rings. The molecule has 5 aromatic rings. The number of rotatable bonds is 7. The summed E-state index contributed by atoms with van der Waals surface area (Å²) in [4.78, 5) is 20.2. The van der Waals surface area contributed by atoms with Gasteiger partial charge in [-0.3, -0.25) is 18.9 Å². The maximum Gasteiger partial charge on any atom is 0.281 e. The highest BCUT2D eigenvalue weighted by Gasteiger charge is 2.34. The van der Waals surface area contributed by atoms with Crippen LogP contribution in [0.5, 0.6) is 5.75 Å². The van der Waals surface area contributed by atoms with E-state index in [4.69, 9.17) is 10.2 Å². The summed E-state index contributed by atoms with van der Waals surface area (Å²) in [5.41, 5.74) is 9.33. The van der Waals surface area contributed by atoms with Gasteiger partial charge in [-0.1, -0.05) is 36.4 Å². The van der Waals surface area contributed by atoms with Gasteiger partial charge in [-0.05, 0) is 36.6 Å². The Kier molecular flexibility index (Phi) is 6.75. The molecule has 0 spiro atoms. The number of furan rings is 1. The molecule has 1 aliphatic rings. The first-order valence-corrected chi connectivity index (χ1v) is 13.4. The zero-order valence-electron chi connectivity index (χ0n) is 22.3. The highest BCUT2D eigenvalue weighted by Crippen LogP contribution is 2.34. The number of aromatic nitrogens is 4. The summed E-state index contributed by atoms with van der Waals surface area (Å²) < 4.78 is 8.59. The van der Waals surface area contributed by atoms with E-state index >= 15 is 0 Å². The molecular weight excluding hydrogens is 508 g/mol. The normalized spacial score (nSPS) is 15.6. The number of hydrogen-bond donors (Lipinski definition) is 3. The van der Waals surface area contributed by atoms with Crippen LogP contribution in [0.15, 0.2) is 76.4 Å². The van der Waals surface area contributed by atoms with Gasteiger partial charge in [0.05, 0.1) is 36.0 Å². The van der Waals surface area contributed by atoms with Gasteiger partial charge in [-0.15, -0.1) is 0 Å². The van der Waals surface area contributed by atoms with Gasteiger partial charge in [0, 0.05) is 44.4 Å². The molecule has 4 N–H and O–H groups in total. The molecule has 0 saturated carbocycles. The lowest BCUT2D eigenvalue weighted by Gasteiger charge is -2.38. The zero-order valence-corrected chi connectivity index (χ0v) is 22.3. The molecule has 1 saturated heterocycles. The number of phenolic OH excluding ortho intramolecular Hbond substituents is 1. The molecule has 6 rings (SSSR count). The van der Waals surface area contributed by atoms with E-state index in [1.807, 2.05) is 48.5 Å². The monoisotopic (exact) mass is 540 g/mol. The molecular formula is C30H32N6O4. The summed E-state index contributed by atoms with van der Waals surface area (Å²) in [6, 6.07) is 17.1. The van der Waals surface area contributed by atoms with Crippen molar-refractivity contribution >= 4 is 11.0 Å². The van der Waals surface area contributed by atoms with Crippen LogP contribution in [0.3, 0.4) is 0 Å². The number of para-hydroxylation sites is 1. The highest BCUT2D eigenvalue weighted by molar-refractivity contribution is 5.89. The Balaban J connectivity index is 1.16. The summed E-state index contributed by atoms with van der Waals surface area (Å²) in [6.45, 7) is 2.39.